The van der Waals surface area contributed by atoms with E-state index in [0.29, 0.717) is 21.5 Å². The predicted octanol–water partition coefficient (Wildman–Crippen LogP) is 4.38. The quantitative estimate of drug-likeness (QED) is 0.767. The molecule has 0 aliphatic carbocycles. The van der Waals surface area contributed by atoms with Gasteiger partial charge in [-0.25, -0.2) is 0 Å². The molecule has 2 aromatic carbocycles. The fourth-order valence-corrected chi connectivity index (χ4v) is 1.62. The number of benzene rings is 2. The average Bonchev–Trinajstić information content (AvgIpc) is 2.43. The summed E-state index contributed by atoms with van der Waals surface area (Å²) in [5.41, 5.74) is 0. The summed E-state index contributed by atoms with van der Waals surface area (Å²) in [5, 5.41) is 1.28. The van der Waals surface area contributed by atoms with Gasteiger partial charge in [0.05, 0.1) is 0 Å². The van der Waals surface area contributed by atoms with Crippen molar-refractivity contribution >= 4 is 23.2 Å². The van der Waals surface area contributed by atoms with Crippen molar-refractivity contribution in [2.45, 2.75) is 6.48 Å². The Bertz CT molecular complexity index is 464. The van der Waals surface area contributed by atoms with Crippen LogP contribution in [0.4, 0.5) is 0 Å². The molecule has 0 amide bonds. The van der Waals surface area contributed by atoms with Crippen molar-refractivity contribution in [1.29, 1.82) is 0 Å². The SMILES string of the molecule is COC(Oc1ccc(Cl)cc1)Oc1ccc(Cl)cc1. The minimum Gasteiger partial charge on any atom is -0.432 e. The van der Waals surface area contributed by atoms with E-state index in [1.54, 1.807) is 48.5 Å². The first-order chi connectivity index (χ1) is 9.17. The number of rotatable bonds is 5. The first-order valence-corrected chi connectivity index (χ1v) is 6.30. The zero-order valence-corrected chi connectivity index (χ0v) is 11.7. The minimum atomic E-state index is -0.845. The molecular formula is C14H12Cl2O3. The molecule has 3 nitrogen and oxygen atoms in total. The average molecular weight is 299 g/mol. The zero-order chi connectivity index (χ0) is 13.7. The number of halogens is 2. The van der Waals surface area contributed by atoms with Gasteiger partial charge >= 0.3 is 6.48 Å². The standard InChI is InChI=1S/C14H12Cl2O3/c1-17-14(18-12-6-2-10(15)3-7-12)19-13-8-4-11(16)5-9-13/h2-9,14H,1H3. The van der Waals surface area contributed by atoms with Gasteiger partial charge in [0.2, 0.25) is 0 Å². The predicted molar refractivity (Wildman–Crippen MR) is 75.0 cm³/mol. The highest BCUT2D eigenvalue weighted by atomic mass is 35.5. The second kappa shape index (κ2) is 6.66. The lowest BCUT2D eigenvalue weighted by Crippen LogP contribution is -2.25. The molecule has 0 saturated heterocycles. The van der Waals surface area contributed by atoms with E-state index in [1.165, 1.54) is 7.11 Å². The van der Waals surface area contributed by atoms with Crippen LogP contribution >= 0.6 is 23.2 Å². The van der Waals surface area contributed by atoms with E-state index >= 15 is 0 Å². The van der Waals surface area contributed by atoms with Crippen LogP contribution in [0.1, 0.15) is 0 Å². The molecule has 5 heteroatoms. The lowest BCUT2D eigenvalue weighted by Gasteiger charge is -2.18. The molecule has 0 unspecified atom stereocenters. The van der Waals surface area contributed by atoms with Crippen LogP contribution in [0, 0.1) is 0 Å². The van der Waals surface area contributed by atoms with Crippen LogP contribution in [0.2, 0.25) is 10.0 Å². The molecule has 100 valence electrons. The van der Waals surface area contributed by atoms with Gasteiger partial charge in [0.25, 0.3) is 0 Å². The van der Waals surface area contributed by atoms with Crippen LogP contribution < -0.4 is 9.47 Å². The topological polar surface area (TPSA) is 27.7 Å². The molecule has 19 heavy (non-hydrogen) atoms. The van der Waals surface area contributed by atoms with Gasteiger partial charge in [0.15, 0.2) is 0 Å². The summed E-state index contributed by atoms with van der Waals surface area (Å²) in [5.74, 6) is 1.20. The van der Waals surface area contributed by atoms with Crippen molar-refractivity contribution in [3.8, 4) is 11.5 Å². The summed E-state index contributed by atoms with van der Waals surface area (Å²) < 4.78 is 16.1. The molecule has 0 heterocycles. The van der Waals surface area contributed by atoms with E-state index in [2.05, 4.69) is 0 Å². The van der Waals surface area contributed by atoms with Crippen LogP contribution in [-0.4, -0.2) is 13.6 Å². The normalized spacial score (nSPS) is 10.5. The van der Waals surface area contributed by atoms with Gasteiger partial charge in [0, 0.05) is 17.2 Å². The van der Waals surface area contributed by atoms with Crippen LogP contribution in [-0.2, 0) is 4.74 Å². The monoisotopic (exact) mass is 298 g/mol. The van der Waals surface area contributed by atoms with E-state index in [9.17, 15) is 0 Å². The summed E-state index contributed by atoms with van der Waals surface area (Å²) in [4.78, 5) is 0. The summed E-state index contributed by atoms with van der Waals surface area (Å²) in [6, 6.07) is 13.9. The second-order valence-electron chi connectivity index (χ2n) is 3.67. The van der Waals surface area contributed by atoms with Gasteiger partial charge < -0.3 is 14.2 Å². The first-order valence-electron chi connectivity index (χ1n) is 5.54. The van der Waals surface area contributed by atoms with E-state index in [-0.39, 0.29) is 0 Å². The van der Waals surface area contributed by atoms with E-state index in [4.69, 9.17) is 37.4 Å². The molecule has 0 aliphatic rings. The van der Waals surface area contributed by atoms with Gasteiger partial charge in [-0.1, -0.05) is 23.2 Å². The highest BCUT2D eigenvalue weighted by Gasteiger charge is 2.10. The number of ether oxygens (including phenoxy) is 3. The van der Waals surface area contributed by atoms with Crippen molar-refractivity contribution < 1.29 is 14.2 Å². The largest absolute Gasteiger partial charge is 0.432 e. The fraction of sp³-hybridized carbons (Fsp3) is 0.143. The van der Waals surface area contributed by atoms with Crippen LogP contribution in [0.5, 0.6) is 11.5 Å². The molecule has 0 fully saturated rings. The Morgan fingerprint density at radius 2 is 1.11 bits per heavy atom. The molecule has 0 saturated carbocycles. The summed E-state index contributed by atoms with van der Waals surface area (Å²) in [6.07, 6.45) is 0. The Labute approximate surface area is 121 Å². The molecule has 2 aromatic rings. The molecule has 0 radical (unpaired) electrons. The van der Waals surface area contributed by atoms with Gasteiger partial charge in [-0.05, 0) is 48.5 Å². The first kappa shape index (κ1) is 14.0. The molecule has 0 spiro atoms. The van der Waals surface area contributed by atoms with Gasteiger partial charge in [-0.3, -0.25) is 0 Å². The van der Waals surface area contributed by atoms with E-state index in [0.717, 1.165) is 0 Å². The van der Waals surface area contributed by atoms with Crippen LogP contribution in [0.15, 0.2) is 48.5 Å². The molecule has 0 aromatic heterocycles. The lowest BCUT2D eigenvalue weighted by atomic mass is 10.3. The summed E-state index contributed by atoms with van der Waals surface area (Å²) >= 11 is 11.6. The van der Waals surface area contributed by atoms with Crippen molar-refractivity contribution in [3.63, 3.8) is 0 Å². The maximum absolute atomic E-state index is 5.80. The van der Waals surface area contributed by atoms with Crippen molar-refractivity contribution in [2.24, 2.45) is 0 Å². The molecule has 0 atom stereocenters. The van der Waals surface area contributed by atoms with Gasteiger partial charge in [0.1, 0.15) is 11.5 Å². The third-order valence-corrected chi connectivity index (χ3v) is 2.79. The highest BCUT2D eigenvalue weighted by Crippen LogP contribution is 2.20. The van der Waals surface area contributed by atoms with E-state index < -0.39 is 6.48 Å². The maximum Gasteiger partial charge on any atom is 0.360 e. The minimum absolute atomic E-state index is 0.602. The lowest BCUT2D eigenvalue weighted by molar-refractivity contribution is -0.182. The van der Waals surface area contributed by atoms with E-state index in [1.807, 2.05) is 0 Å². The molecule has 0 aliphatic heterocycles. The summed E-state index contributed by atoms with van der Waals surface area (Å²) in [7, 11) is 1.50. The number of hydrogen-bond donors (Lipinski definition) is 0. The smallest absolute Gasteiger partial charge is 0.360 e. The molecule has 2 rings (SSSR count). The summed E-state index contributed by atoms with van der Waals surface area (Å²) in [6.45, 7) is -0.845. The van der Waals surface area contributed by atoms with Gasteiger partial charge in [-0.2, -0.15) is 0 Å². The number of methoxy groups -OCH3 is 1. The molecular weight excluding hydrogens is 287 g/mol. The van der Waals surface area contributed by atoms with Gasteiger partial charge in [-0.15, -0.1) is 0 Å². The molecule has 0 bridgehead atoms. The van der Waals surface area contributed by atoms with Crippen molar-refractivity contribution in [1.82, 2.24) is 0 Å². The van der Waals surface area contributed by atoms with Crippen LogP contribution in [0.3, 0.4) is 0 Å². The van der Waals surface area contributed by atoms with Crippen molar-refractivity contribution in [2.75, 3.05) is 7.11 Å². The highest BCUT2D eigenvalue weighted by molar-refractivity contribution is 6.30. The third-order valence-electron chi connectivity index (χ3n) is 2.28. The Balaban J connectivity index is 2.00. The Morgan fingerprint density at radius 1 is 0.737 bits per heavy atom. The number of hydrogen-bond acceptors (Lipinski definition) is 3. The van der Waals surface area contributed by atoms with Crippen molar-refractivity contribution in [3.05, 3.63) is 58.6 Å². The Morgan fingerprint density at radius 3 is 1.42 bits per heavy atom. The molecule has 0 N–H and O–H groups in total. The second-order valence-corrected chi connectivity index (χ2v) is 4.54. The maximum atomic E-state index is 5.80. The Hall–Kier alpha value is -1.42. The van der Waals surface area contributed by atoms with Crippen LogP contribution in [0.25, 0.3) is 0 Å². The zero-order valence-electron chi connectivity index (χ0n) is 10.2. The third kappa shape index (κ3) is 4.31. The fourth-order valence-electron chi connectivity index (χ4n) is 1.37. The Kier molecular flexibility index (Phi) is 4.91.